The zero-order valence-electron chi connectivity index (χ0n) is 10.2. The number of fused-ring (bicyclic) bond motifs is 1. The zero-order valence-corrected chi connectivity index (χ0v) is 10.2. The Bertz CT molecular complexity index is 641. The van der Waals surface area contributed by atoms with Gasteiger partial charge in [-0.2, -0.15) is 0 Å². The Morgan fingerprint density at radius 2 is 2.22 bits per heavy atom. The highest BCUT2D eigenvalue weighted by Crippen LogP contribution is 2.13. The van der Waals surface area contributed by atoms with Crippen LogP contribution in [0.1, 0.15) is 12.8 Å². The molecular weight excluding hydrogens is 224 g/mol. The third kappa shape index (κ3) is 2.09. The summed E-state index contributed by atoms with van der Waals surface area (Å²) in [5, 5.41) is 2.14. The zero-order chi connectivity index (χ0) is 12.4. The van der Waals surface area contributed by atoms with Gasteiger partial charge in [-0.05, 0) is 36.6 Å². The van der Waals surface area contributed by atoms with Crippen molar-refractivity contribution < 1.29 is 4.74 Å². The lowest BCUT2D eigenvalue weighted by molar-refractivity contribution is 0.354. The van der Waals surface area contributed by atoms with Gasteiger partial charge in [0.25, 0.3) is 0 Å². The molecule has 2 aliphatic rings. The molecule has 0 radical (unpaired) electrons. The number of benzene rings is 1. The first-order valence-electron chi connectivity index (χ1n) is 6.27. The molecule has 1 aromatic carbocycles. The highest BCUT2D eigenvalue weighted by molar-refractivity contribution is 5.51. The predicted molar refractivity (Wildman–Crippen MR) is 71.6 cm³/mol. The van der Waals surface area contributed by atoms with E-state index in [1.165, 1.54) is 5.57 Å². The molecule has 0 atom stereocenters. The summed E-state index contributed by atoms with van der Waals surface area (Å²) < 4.78 is 5.79. The molecule has 0 bridgehead atoms. The number of allylic oxidation sites excluding steroid dienone is 2. The molecule has 1 aliphatic heterocycles. The Morgan fingerprint density at radius 1 is 1.28 bits per heavy atom. The minimum Gasteiger partial charge on any atom is -0.489 e. The van der Waals surface area contributed by atoms with E-state index in [1.54, 1.807) is 0 Å². The lowest BCUT2D eigenvalue weighted by Gasteiger charge is -2.12. The molecule has 0 fully saturated rings. The van der Waals surface area contributed by atoms with Crippen molar-refractivity contribution in [3.05, 3.63) is 52.6 Å². The monoisotopic (exact) mass is 240 g/mol. The van der Waals surface area contributed by atoms with Gasteiger partial charge in [0.2, 0.25) is 0 Å². The topological polar surface area (TPSA) is 47.6 Å². The third-order valence-electron chi connectivity index (χ3n) is 3.20. The molecule has 3 nitrogen and oxygen atoms in total. The molecular formula is C15H16N2O. The van der Waals surface area contributed by atoms with Crippen LogP contribution in [0.25, 0.3) is 5.70 Å². The van der Waals surface area contributed by atoms with Crippen LogP contribution in [0.5, 0.6) is 5.75 Å². The highest BCUT2D eigenvalue weighted by Gasteiger charge is 2.07. The van der Waals surface area contributed by atoms with Crippen LogP contribution in [0.3, 0.4) is 0 Å². The van der Waals surface area contributed by atoms with E-state index in [1.807, 2.05) is 18.2 Å². The molecule has 18 heavy (non-hydrogen) atoms. The molecule has 1 heterocycles. The normalized spacial score (nSPS) is 16.5. The van der Waals surface area contributed by atoms with Crippen LogP contribution in [0.2, 0.25) is 0 Å². The Balaban J connectivity index is 1.73. The standard InChI is InChI=1S/C15H16N2O/c16-9-15-13-8-12(6-7-14(13)17-15)18-10-11-4-2-1-3-5-11/h2,4-8H,1,3,9-10,16H2. The second-order valence-corrected chi connectivity index (χ2v) is 4.49. The van der Waals surface area contributed by atoms with Crippen molar-refractivity contribution in [1.29, 1.82) is 0 Å². The van der Waals surface area contributed by atoms with Gasteiger partial charge in [0.05, 0.1) is 11.1 Å². The maximum absolute atomic E-state index is 5.79. The van der Waals surface area contributed by atoms with E-state index in [2.05, 4.69) is 23.2 Å². The Kier molecular flexibility index (Phi) is 2.99. The number of ether oxygens (including phenoxy) is 1. The number of nitrogens with two attached hydrogens (primary N) is 1. The summed E-state index contributed by atoms with van der Waals surface area (Å²) in [4.78, 5) is 4.31. The Labute approximate surface area is 106 Å². The first-order valence-corrected chi connectivity index (χ1v) is 6.27. The van der Waals surface area contributed by atoms with Crippen molar-refractivity contribution in [2.45, 2.75) is 12.8 Å². The molecule has 3 rings (SSSR count). The van der Waals surface area contributed by atoms with Crippen LogP contribution in [-0.4, -0.2) is 13.2 Å². The first-order chi connectivity index (χ1) is 8.86. The molecule has 0 spiro atoms. The van der Waals surface area contributed by atoms with E-state index in [-0.39, 0.29) is 0 Å². The maximum atomic E-state index is 5.79. The van der Waals surface area contributed by atoms with Crippen molar-refractivity contribution >= 4 is 5.70 Å². The largest absolute Gasteiger partial charge is 0.489 e. The molecule has 2 N–H and O–H groups in total. The summed E-state index contributed by atoms with van der Waals surface area (Å²) in [6, 6.07) is 5.97. The van der Waals surface area contributed by atoms with Crippen LogP contribution in [0.15, 0.2) is 47.0 Å². The minimum atomic E-state index is 0.490. The van der Waals surface area contributed by atoms with Crippen LogP contribution < -0.4 is 21.0 Å². The van der Waals surface area contributed by atoms with E-state index < -0.39 is 0 Å². The average molecular weight is 240 g/mol. The summed E-state index contributed by atoms with van der Waals surface area (Å²) in [6.07, 6.45) is 8.81. The molecule has 0 saturated carbocycles. The van der Waals surface area contributed by atoms with Crippen molar-refractivity contribution in [2.75, 3.05) is 13.2 Å². The van der Waals surface area contributed by atoms with Gasteiger partial charge in [-0.25, -0.2) is 0 Å². The van der Waals surface area contributed by atoms with Gasteiger partial charge in [0, 0.05) is 11.8 Å². The molecule has 0 aromatic heterocycles. The van der Waals surface area contributed by atoms with E-state index in [0.29, 0.717) is 13.2 Å². The van der Waals surface area contributed by atoms with Crippen molar-refractivity contribution in [1.82, 2.24) is 0 Å². The summed E-state index contributed by atoms with van der Waals surface area (Å²) in [5.74, 6) is 0.884. The van der Waals surface area contributed by atoms with Gasteiger partial charge in [0.1, 0.15) is 12.4 Å². The van der Waals surface area contributed by atoms with Crippen molar-refractivity contribution in [3.63, 3.8) is 0 Å². The van der Waals surface area contributed by atoms with Gasteiger partial charge in [-0.3, -0.25) is 4.99 Å². The van der Waals surface area contributed by atoms with Gasteiger partial charge >= 0.3 is 0 Å². The number of nitrogens with zero attached hydrogens (tertiary/aromatic N) is 1. The third-order valence-corrected chi connectivity index (χ3v) is 3.20. The molecule has 0 unspecified atom stereocenters. The minimum absolute atomic E-state index is 0.490. The number of rotatable bonds is 4. The fourth-order valence-corrected chi connectivity index (χ4v) is 2.18. The molecule has 3 heteroatoms. The van der Waals surface area contributed by atoms with E-state index in [9.17, 15) is 0 Å². The Morgan fingerprint density at radius 3 is 3.00 bits per heavy atom. The van der Waals surface area contributed by atoms with Crippen LogP contribution in [-0.2, 0) is 0 Å². The maximum Gasteiger partial charge on any atom is 0.120 e. The van der Waals surface area contributed by atoms with Crippen LogP contribution in [0, 0.1) is 0 Å². The van der Waals surface area contributed by atoms with Crippen molar-refractivity contribution in [2.24, 2.45) is 10.7 Å². The van der Waals surface area contributed by atoms with Gasteiger partial charge < -0.3 is 10.5 Å². The highest BCUT2D eigenvalue weighted by atomic mass is 16.5. The van der Waals surface area contributed by atoms with Gasteiger partial charge in [-0.15, -0.1) is 0 Å². The second-order valence-electron chi connectivity index (χ2n) is 4.49. The SMILES string of the molecule is NCC1=c2cc(OCC3=CCCC=C3)ccc2=N1. The first kappa shape index (κ1) is 11.2. The van der Waals surface area contributed by atoms with Gasteiger partial charge in [0.15, 0.2) is 0 Å². The second kappa shape index (κ2) is 4.78. The smallest absolute Gasteiger partial charge is 0.120 e. The summed E-state index contributed by atoms with van der Waals surface area (Å²) >= 11 is 0. The predicted octanol–water partition coefficient (Wildman–Crippen LogP) is 1.04. The molecule has 0 amide bonds. The van der Waals surface area contributed by atoms with E-state index >= 15 is 0 Å². The lowest BCUT2D eigenvalue weighted by Crippen LogP contribution is -2.37. The van der Waals surface area contributed by atoms with Crippen molar-refractivity contribution in [3.8, 4) is 5.75 Å². The van der Waals surface area contributed by atoms with Crippen LogP contribution in [0.4, 0.5) is 0 Å². The molecule has 1 aliphatic carbocycles. The molecule has 92 valence electrons. The Hall–Kier alpha value is -1.87. The number of hydrogen-bond donors (Lipinski definition) is 1. The molecule has 1 aromatic rings. The number of hydrogen-bond acceptors (Lipinski definition) is 3. The summed E-state index contributed by atoms with van der Waals surface area (Å²) in [6.45, 7) is 1.12. The quantitative estimate of drug-likeness (QED) is 0.855. The average Bonchev–Trinajstić information content (AvgIpc) is 2.40. The summed E-state index contributed by atoms with van der Waals surface area (Å²) in [7, 11) is 0. The summed E-state index contributed by atoms with van der Waals surface area (Å²) in [5.41, 5.74) is 7.81. The van der Waals surface area contributed by atoms with Gasteiger partial charge in [-0.1, -0.05) is 18.2 Å². The van der Waals surface area contributed by atoms with Crippen LogP contribution >= 0.6 is 0 Å². The molecule has 0 saturated heterocycles. The van der Waals surface area contributed by atoms with E-state index in [0.717, 1.165) is 34.9 Å². The van der Waals surface area contributed by atoms with E-state index in [4.69, 9.17) is 10.5 Å². The fourth-order valence-electron chi connectivity index (χ4n) is 2.18. The fraction of sp³-hybridized carbons (Fsp3) is 0.267. The lowest BCUT2D eigenvalue weighted by atomic mass is 10.1.